The van der Waals surface area contributed by atoms with Crippen LogP contribution in [0, 0.1) is 0 Å². The monoisotopic (exact) mass is 747 g/mol. The van der Waals surface area contributed by atoms with Crippen molar-refractivity contribution in [1.29, 1.82) is 0 Å². The smallest absolute Gasteiger partial charge is 0.0791 e. The van der Waals surface area contributed by atoms with Crippen LogP contribution in [0.5, 0.6) is 0 Å². The lowest BCUT2D eigenvalue weighted by Gasteiger charge is -2.31. The summed E-state index contributed by atoms with van der Waals surface area (Å²) in [5.41, 5.74) is 22.7. The van der Waals surface area contributed by atoms with E-state index in [0.717, 1.165) is 16.8 Å². The molecule has 0 saturated heterocycles. The molecule has 1 heteroatoms. The van der Waals surface area contributed by atoms with Gasteiger partial charge in [-0.2, -0.15) is 0 Å². The number of pyridine rings is 1. The van der Waals surface area contributed by atoms with Gasteiger partial charge in [-0.05, 0) is 114 Å². The van der Waals surface area contributed by atoms with E-state index in [0.29, 0.717) is 0 Å². The quantitative estimate of drug-likeness (QED) is 0.171. The topological polar surface area (TPSA) is 12.9 Å². The number of rotatable bonds is 5. The van der Waals surface area contributed by atoms with Gasteiger partial charge in [0.15, 0.2) is 0 Å². The van der Waals surface area contributed by atoms with Crippen LogP contribution in [0.15, 0.2) is 224 Å². The zero-order chi connectivity index (χ0) is 38.9. The molecule has 0 amide bonds. The van der Waals surface area contributed by atoms with Crippen molar-refractivity contribution in [3.05, 3.63) is 247 Å². The Kier molecular flexibility index (Phi) is 7.52. The number of para-hydroxylation sites is 1. The van der Waals surface area contributed by atoms with Gasteiger partial charge in [-0.3, -0.25) is 0 Å². The van der Waals surface area contributed by atoms with Crippen molar-refractivity contribution in [2.45, 2.75) is 5.41 Å². The fourth-order valence-electron chi connectivity index (χ4n) is 10.1. The maximum atomic E-state index is 5.51. The molecule has 0 N–H and O–H groups in total. The van der Waals surface area contributed by atoms with E-state index in [4.69, 9.17) is 4.98 Å². The number of hydrogen-bond donors (Lipinski definition) is 0. The number of fused-ring (bicyclic) bond motifs is 12. The van der Waals surface area contributed by atoms with Crippen molar-refractivity contribution in [3.8, 4) is 78.0 Å². The molecule has 0 unspecified atom stereocenters. The molecule has 0 radical (unpaired) electrons. The first kappa shape index (κ1) is 33.5. The number of aromatic nitrogens is 1. The van der Waals surface area contributed by atoms with E-state index in [2.05, 4.69) is 224 Å². The van der Waals surface area contributed by atoms with Crippen LogP contribution in [0.2, 0.25) is 0 Å². The summed E-state index contributed by atoms with van der Waals surface area (Å²) >= 11 is 0. The van der Waals surface area contributed by atoms with Crippen LogP contribution < -0.4 is 0 Å². The van der Waals surface area contributed by atoms with Gasteiger partial charge in [-0.25, -0.2) is 4.98 Å². The molecule has 10 aromatic rings. The molecule has 1 spiro atoms. The van der Waals surface area contributed by atoms with Crippen molar-refractivity contribution in [3.63, 3.8) is 0 Å². The molecule has 1 nitrogen and oxygen atoms in total. The maximum Gasteiger partial charge on any atom is 0.0791 e. The highest BCUT2D eigenvalue weighted by Gasteiger charge is 2.53. The average molecular weight is 748 g/mol. The van der Waals surface area contributed by atoms with E-state index < -0.39 is 5.41 Å². The van der Waals surface area contributed by atoms with Crippen LogP contribution in [0.25, 0.3) is 88.9 Å². The molecule has 274 valence electrons. The molecule has 2 aliphatic carbocycles. The molecule has 1 aromatic heterocycles. The van der Waals surface area contributed by atoms with Crippen molar-refractivity contribution in [2.24, 2.45) is 0 Å². The lowest BCUT2D eigenvalue weighted by atomic mass is 9.69. The number of nitrogens with zero attached hydrogens (tertiary/aromatic N) is 1. The maximum absolute atomic E-state index is 5.51. The molecular weight excluding hydrogens is 711 g/mol. The Labute approximate surface area is 344 Å². The first-order valence-electron chi connectivity index (χ1n) is 20.5. The summed E-state index contributed by atoms with van der Waals surface area (Å²) in [7, 11) is 0. The van der Waals surface area contributed by atoms with Gasteiger partial charge >= 0.3 is 0 Å². The SMILES string of the molecule is c1ccc(-c2cc(-c3ccccc3)cc(-c3cccc(-c4ccc(-c5nc6ccccc6c6c5-c5ccccc5C65c6ccccc6-c6ccccc65)cc4)c3)c2)cc1. The summed E-state index contributed by atoms with van der Waals surface area (Å²) in [6.07, 6.45) is 0. The van der Waals surface area contributed by atoms with Gasteiger partial charge in [0.2, 0.25) is 0 Å². The Balaban J connectivity index is 1.00. The predicted molar refractivity (Wildman–Crippen MR) is 245 cm³/mol. The van der Waals surface area contributed by atoms with Crippen LogP contribution in [0.4, 0.5) is 0 Å². The molecule has 0 bridgehead atoms. The fraction of sp³-hybridized carbons (Fsp3) is 0.0172. The first-order chi connectivity index (χ1) is 29.3. The Morgan fingerprint density at radius 2 is 0.695 bits per heavy atom. The molecule has 1 heterocycles. The van der Waals surface area contributed by atoms with Gasteiger partial charge < -0.3 is 0 Å². The molecule has 2 aliphatic rings. The van der Waals surface area contributed by atoms with Crippen LogP contribution in [-0.2, 0) is 5.41 Å². The molecule has 0 saturated carbocycles. The van der Waals surface area contributed by atoms with Crippen molar-refractivity contribution < 1.29 is 0 Å². The molecule has 12 rings (SSSR count). The summed E-state index contributed by atoms with van der Waals surface area (Å²) in [6.45, 7) is 0. The third-order valence-electron chi connectivity index (χ3n) is 12.7. The van der Waals surface area contributed by atoms with Gasteiger partial charge in [0.1, 0.15) is 0 Å². The van der Waals surface area contributed by atoms with E-state index in [9.17, 15) is 0 Å². The number of benzene rings is 9. The molecule has 0 fully saturated rings. The predicted octanol–water partition coefficient (Wildman–Crippen LogP) is 14.9. The Bertz CT molecular complexity index is 3150. The Morgan fingerprint density at radius 1 is 0.288 bits per heavy atom. The zero-order valence-corrected chi connectivity index (χ0v) is 32.3. The van der Waals surface area contributed by atoms with Crippen LogP contribution in [-0.4, -0.2) is 4.98 Å². The van der Waals surface area contributed by atoms with Crippen molar-refractivity contribution >= 4 is 10.9 Å². The van der Waals surface area contributed by atoms with E-state index in [1.807, 2.05) is 0 Å². The van der Waals surface area contributed by atoms with Gasteiger partial charge in [0.25, 0.3) is 0 Å². The largest absolute Gasteiger partial charge is 0.247 e. The second-order valence-corrected chi connectivity index (χ2v) is 15.8. The second-order valence-electron chi connectivity index (χ2n) is 15.8. The van der Waals surface area contributed by atoms with Crippen molar-refractivity contribution in [2.75, 3.05) is 0 Å². The zero-order valence-electron chi connectivity index (χ0n) is 32.3. The van der Waals surface area contributed by atoms with E-state index in [-0.39, 0.29) is 0 Å². The minimum atomic E-state index is -0.449. The summed E-state index contributed by atoms with van der Waals surface area (Å²) < 4.78 is 0. The van der Waals surface area contributed by atoms with E-state index in [1.165, 1.54) is 94.4 Å². The Morgan fingerprint density at radius 3 is 1.31 bits per heavy atom. The molecule has 9 aromatic carbocycles. The third kappa shape index (κ3) is 5.08. The number of hydrogen-bond acceptors (Lipinski definition) is 1. The molecule has 0 atom stereocenters. The standard InChI is InChI=1S/C58H37N/c1-3-16-38(17-4-1)44-35-45(39-18-5-2-6-19-39)37-46(36-44)43-21-15-20-42(34-43)40-30-32-41(33-31-40)57-55-49-24-9-13-28-53(49)58(56(55)50-25-10-14-29-54(50)59-57)51-26-11-7-22-47(51)48-23-8-12-27-52(48)58/h1-37H. The lowest BCUT2D eigenvalue weighted by Crippen LogP contribution is -2.26. The highest BCUT2D eigenvalue weighted by Crippen LogP contribution is 2.65. The average Bonchev–Trinajstić information content (AvgIpc) is 3.80. The normalized spacial score (nSPS) is 12.9. The highest BCUT2D eigenvalue weighted by molar-refractivity contribution is 6.06. The third-order valence-corrected chi connectivity index (χ3v) is 12.7. The lowest BCUT2D eigenvalue weighted by molar-refractivity contribution is 0.801. The van der Waals surface area contributed by atoms with Gasteiger partial charge in [-0.1, -0.05) is 194 Å². The van der Waals surface area contributed by atoms with E-state index >= 15 is 0 Å². The van der Waals surface area contributed by atoms with E-state index in [1.54, 1.807) is 0 Å². The minimum absolute atomic E-state index is 0.449. The molecule has 59 heavy (non-hydrogen) atoms. The van der Waals surface area contributed by atoms with Crippen LogP contribution in [0.1, 0.15) is 22.3 Å². The fourth-order valence-corrected chi connectivity index (χ4v) is 10.1. The van der Waals surface area contributed by atoms with Gasteiger partial charge in [-0.15, -0.1) is 0 Å². The summed E-state index contributed by atoms with van der Waals surface area (Å²) in [6, 6.07) is 82.2. The van der Waals surface area contributed by atoms with Crippen molar-refractivity contribution in [1.82, 2.24) is 4.98 Å². The van der Waals surface area contributed by atoms with Crippen LogP contribution in [0.3, 0.4) is 0 Å². The van der Waals surface area contributed by atoms with Crippen LogP contribution >= 0.6 is 0 Å². The summed E-state index contributed by atoms with van der Waals surface area (Å²) in [5, 5.41) is 1.20. The second kappa shape index (κ2) is 13.2. The summed E-state index contributed by atoms with van der Waals surface area (Å²) in [4.78, 5) is 5.51. The first-order valence-corrected chi connectivity index (χ1v) is 20.5. The van der Waals surface area contributed by atoms with Gasteiger partial charge in [0.05, 0.1) is 16.6 Å². The Hall–Kier alpha value is -7.61. The minimum Gasteiger partial charge on any atom is -0.247 e. The molecule has 0 aliphatic heterocycles. The van der Waals surface area contributed by atoms with Gasteiger partial charge in [0, 0.05) is 16.5 Å². The summed E-state index contributed by atoms with van der Waals surface area (Å²) in [5.74, 6) is 0. The molecular formula is C58H37N. The highest BCUT2D eigenvalue weighted by atomic mass is 14.7.